The molecule has 0 aromatic carbocycles. The maximum absolute atomic E-state index is 11.6. The summed E-state index contributed by atoms with van der Waals surface area (Å²) in [6.07, 6.45) is 13.0. The SMILES string of the molecule is CC(=O)O[C@H]1CC[C@@]2(C)C(=CC(=N[N+](=O)[O-])[C@H]3C4CCC([C@H](C)CCCC(C)C)[C@@]4(C)CCC32)C1. The number of nitro groups is 1. The van der Waals surface area contributed by atoms with E-state index in [0.717, 1.165) is 31.6 Å². The molecule has 6 heteroatoms. The second-order valence-corrected chi connectivity index (χ2v) is 13.1. The van der Waals surface area contributed by atoms with Gasteiger partial charge in [0, 0.05) is 19.3 Å². The molecule has 0 aromatic rings. The highest BCUT2D eigenvalue weighted by Gasteiger charge is 2.61. The largest absolute Gasteiger partial charge is 0.462 e. The van der Waals surface area contributed by atoms with E-state index in [-0.39, 0.29) is 28.8 Å². The summed E-state index contributed by atoms with van der Waals surface area (Å²) in [5.41, 5.74) is 2.13. The van der Waals surface area contributed by atoms with Crippen molar-refractivity contribution in [2.24, 2.45) is 51.4 Å². The molecule has 0 saturated heterocycles. The number of allylic oxidation sites excluding steroid dienone is 1. The third-order valence-corrected chi connectivity index (χ3v) is 10.7. The van der Waals surface area contributed by atoms with Gasteiger partial charge in [-0.3, -0.25) is 4.79 Å². The van der Waals surface area contributed by atoms with Gasteiger partial charge in [0.2, 0.25) is 0 Å². The molecule has 4 aliphatic rings. The van der Waals surface area contributed by atoms with E-state index in [0.29, 0.717) is 35.8 Å². The molecule has 4 aliphatic carbocycles. The highest BCUT2D eigenvalue weighted by Crippen LogP contribution is 2.67. The zero-order valence-corrected chi connectivity index (χ0v) is 22.7. The van der Waals surface area contributed by atoms with Crippen molar-refractivity contribution in [2.75, 3.05) is 0 Å². The van der Waals surface area contributed by atoms with Crippen LogP contribution in [-0.4, -0.2) is 22.8 Å². The van der Waals surface area contributed by atoms with Crippen LogP contribution in [0, 0.1) is 56.5 Å². The summed E-state index contributed by atoms with van der Waals surface area (Å²) in [5.74, 6) is 2.89. The number of nitrogens with zero attached hydrogens (tertiary/aromatic N) is 2. The Morgan fingerprint density at radius 3 is 2.54 bits per heavy atom. The first-order chi connectivity index (χ1) is 16.5. The van der Waals surface area contributed by atoms with E-state index in [1.165, 1.54) is 44.6 Å². The van der Waals surface area contributed by atoms with Gasteiger partial charge in [-0.25, -0.2) is 10.1 Å². The minimum absolute atomic E-state index is 0.0131. The van der Waals surface area contributed by atoms with E-state index in [9.17, 15) is 14.9 Å². The smallest absolute Gasteiger partial charge is 0.302 e. The van der Waals surface area contributed by atoms with Crippen LogP contribution in [0.15, 0.2) is 16.8 Å². The molecule has 196 valence electrons. The lowest BCUT2D eigenvalue weighted by atomic mass is 9.46. The van der Waals surface area contributed by atoms with E-state index in [1.54, 1.807) is 0 Å². The van der Waals surface area contributed by atoms with Crippen LogP contribution in [0.2, 0.25) is 0 Å². The van der Waals surface area contributed by atoms with Crippen molar-refractivity contribution in [3.05, 3.63) is 21.8 Å². The van der Waals surface area contributed by atoms with Crippen LogP contribution in [0.3, 0.4) is 0 Å². The van der Waals surface area contributed by atoms with E-state index in [2.05, 4.69) is 39.7 Å². The van der Waals surface area contributed by atoms with Gasteiger partial charge >= 0.3 is 5.97 Å². The zero-order valence-electron chi connectivity index (χ0n) is 22.7. The first-order valence-electron chi connectivity index (χ1n) is 14.1. The molecule has 0 aliphatic heterocycles. The van der Waals surface area contributed by atoms with Crippen LogP contribution in [-0.2, 0) is 9.53 Å². The minimum Gasteiger partial charge on any atom is -0.462 e. The van der Waals surface area contributed by atoms with E-state index in [4.69, 9.17) is 4.74 Å². The van der Waals surface area contributed by atoms with Gasteiger partial charge in [-0.05, 0) is 85.0 Å². The zero-order chi connectivity index (χ0) is 25.5. The van der Waals surface area contributed by atoms with Crippen LogP contribution >= 0.6 is 0 Å². The molecular formula is C29H46N2O4. The number of carbonyl (C=O) groups excluding carboxylic acids is 1. The second kappa shape index (κ2) is 9.97. The Hall–Kier alpha value is -1.72. The molecule has 3 fully saturated rings. The normalized spacial score (nSPS) is 40.5. The molecule has 0 aromatic heterocycles. The van der Waals surface area contributed by atoms with Gasteiger partial charge in [-0.15, -0.1) is 0 Å². The lowest BCUT2D eigenvalue weighted by Crippen LogP contribution is -2.54. The lowest BCUT2D eigenvalue weighted by Gasteiger charge is -2.58. The number of fused-ring (bicyclic) bond motifs is 5. The molecule has 0 spiro atoms. The Morgan fingerprint density at radius 2 is 1.89 bits per heavy atom. The molecule has 0 amide bonds. The molecule has 0 radical (unpaired) electrons. The number of hydrogen-bond acceptors (Lipinski definition) is 4. The van der Waals surface area contributed by atoms with Gasteiger partial charge < -0.3 is 4.74 Å². The molecule has 3 saturated carbocycles. The summed E-state index contributed by atoms with van der Waals surface area (Å²) >= 11 is 0. The van der Waals surface area contributed by atoms with E-state index >= 15 is 0 Å². The summed E-state index contributed by atoms with van der Waals surface area (Å²) in [7, 11) is 0. The highest BCUT2D eigenvalue weighted by molar-refractivity contribution is 5.99. The van der Waals surface area contributed by atoms with Crippen molar-refractivity contribution in [1.82, 2.24) is 0 Å². The molecule has 6 nitrogen and oxygen atoms in total. The van der Waals surface area contributed by atoms with Crippen LogP contribution in [0.25, 0.3) is 0 Å². The van der Waals surface area contributed by atoms with Crippen molar-refractivity contribution in [1.29, 1.82) is 0 Å². The predicted molar refractivity (Wildman–Crippen MR) is 138 cm³/mol. The molecular weight excluding hydrogens is 440 g/mol. The fourth-order valence-electron chi connectivity index (χ4n) is 8.94. The maximum Gasteiger partial charge on any atom is 0.302 e. The third-order valence-electron chi connectivity index (χ3n) is 10.7. The van der Waals surface area contributed by atoms with Crippen LogP contribution in [0.1, 0.15) is 106 Å². The predicted octanol–water partition coefficient (Wildman–Crippen LogP) is 7.20. The Kier molecular flexibility index (Phi) is 7.51. The quantitative estimate of drug-likeness (QED) is 0.216. The number of hydrogen-bond donors (Lipinski definition) is 0. The number of carbonyl (C=O) groups is 1. The Balaban J connectivity index is 1.63. The second-order valence-electron chi connectivity index (χ2n) is 13.1. The summed E-state index contributed by atoms with van der Waals surface area (Å²) in [5, 5.41) is 15.1. The first-order valence-corrected chi connectivity index (χ1v) is 14.1. The Labute approximate surface area is 211 Å². The van der Waals surface area contributed by atoms with Gasteiger partial charge in [0.15, 0.2) is 5.03 Å². The number of esters is 1. The van der Waals surface area contributed by atoms with Crippen molar-refractivity contribution in [3.63, 3.8) is 0 Å². The molecule has 8 atom stereocenters. The summed E-state index contributed by atoms with van der Waals surface area (Å²) in [6.45, 7) is 13.4. The van der Waals surface area contributed by atoms with E-state index in [1.807, 2.05) is 6.08 Å². The minimum atomic E-state index is -0.495. The van der Waals surface area contributed by atoms with Crippen molar-refractivity contribution < 1.29 is 14.6 Å². The third kappa shape index (κ3) is 4.96. The van der Waals surface area contributed by atoms with Crippen molar-refractivity contribution >= 4 is 11.7 Å². The number of ether oxygens (including phenoxy) is 1. The summed E-state index contributed by atoms with van der Waals surface area (Å²) < 4.78 is 5.56. The average Bonchev–Trinajstić information content (AvgIpc) is 3.10. The maximum atomic E-state index is 11.6. The molecule has 0 N–H and O–H groups in total. The van der Waals surface area contributed by atoms with E-state index < -0.39 is 5.03 Å². The van der Waals surface area contributed by atoms with Crippen molar-refractivity contribution in [3.8, 4) is 0 Å². The number of rotatable bonds is 7. The fourth-order valence-corrected chi connectivity index (χ4v) is 8.94. The summed E-state index contributed by atoms with van der Waals surface area (Å²) in [4.78, 5) is 23.2. The van der Waals surface area contributed by atoms with Gasteiger partial charge in [0.05, 0.1) is 5.10 Å². The topological polar surface area (TPSA) is 81.8 Å². The average molecular weight is 487 g/mol. The van der Waals surface area contributed by atoms with Gasteiger partial charge in [-0.1, -0.05) is 59.5 Å². The van der Waals surface area contributed by atoms with Gasteiger partial charge in [-0.2, -0.15) is 0 Å². The molecule has 4 rings (SSSR count). The fraction of sp³-hybridized carbons (Fsp3) is 0.862. The molecule has 0 heterocycles. The Bertz CT molecular complexity index is 895. The molecule has 35 heavy (non-hydrogen) atoms. The van der Waals surface area contributed by atoms with Crippen LogP contribution in [0.5, 0.6) is 0 Å². The lowest BCUT2D eigenvalue weighted by molar-refractivity contribution is -0.485. The summed E-state index contributed by atoms with van der Waals surface area (Å²) in [6, 6.07) is 0. The monoisotopic (exact) mass is 486 g/mol. The highest BCUT2D eigenvalue weighted by atomic mass is 16.7. The standard InChI is InChI=1S/C29H46N2O4/c1-18(2)8-7-9-19(3)23-10-11-24-27-25(13-15-29(23,24)6)28(5)14-12-22(35-20(4)32)16-21(28)17-26(27)30-31(33)34/h17-19,22-25,27H,7-16H2,1-6H3/t19-,22+,23?,24?,25?,27+,28+,29-/m1/s1. The van der Waals surface area contributed by atoms with Gasteiger partial charge in [0.1, 0.15) is 11.8 Å². The van der Waals surface area contributed by atoms with Crippen molar-refractivity contribution in [2.45, 2.75) is 112 Å². The van der Waals surface area contributed by atoms with Gasteiger partial charge in [0.25, 0.3) is 0 Å². The number of hydrazone groups is 1. The molecule has 0 bridgehead atoms. The van der Waals surface area contributed by atoms with Crippen LogP contribution in [0.4, 0.5) is 0 Å². The Morgan fingerprint density at radius 1 is 1.14 bits per heavy atom. The molecule has 3 unspecified atom stereocenters. The first kappa shape index (κ1) is 26.3. The van der Waals surface area contributed by atoms with Crippen LogP contribution < -0.4 is 0 Å².